The van der Waals surface area contributed by atoms with Gasteiger partial charge in [0.05, 0.1) is 46.4 Å². The quantitative estimate of drug-likeness (QED) is 0.243. The second-order valence-electron chi connectivity index (χ2n) is 10.3. The number of nitrogens with zero attached hydrogens (tertiary/aromatic N) is 2. The van der Waals surface area contributed by atoms with Crippen molar-refractivity contribution in [2.24, 2.45) is 0 Å². The number of benzene rings is 1. The van der Waals surface area contributed by atoms with Crippen LogP contribution in [0.4, 0.5) is 10.1 Å². The molecule has 4 N–H and O–H groups in total. The number of nitrogens with one attached hydrogen (secondary N) is 3. The van der Waals surface area contributed by atoms with E-state index in [-0.39, 0.29) is 29.6 Å². The van der Waals surface area contributed by atoms with Crippen LogP contribution in [0.5, 0.6) is 0 Å². The fourth-order valence-electron chi connectivity index (χ4n) is 4.87. The maximum Gasteiger partial charge on any atom is 0.354 e. The molecule has 0 saturated heterocycles. The molecule has 1 atom stereocenters. The standard InChI is InChI=1S/C26H23ClFN5O5S/c1-26(2,3)38-33-9-16-21(17(34)10-33)20(11-8-29-23(24(35)36)22(11)30-16)18-4-5-19(37-18)39-25-31-14-6-12(27)13(28)7-15(14)32-25/h4-8,20,29-30H,9-10H2,1-3H3,(H,31,32)(H,35,36). The summed E-state index contributed by atoms with van der Waals surface area (Å²) in [6.07, 6.45) is 1.58. The molecule has 39 heavy (non-hydrogen) atoms. The maximum atomic E-state index is 13.8. The van der Waals surface area contributed by atoms with Gasteiger partial charge in [-0.3, -0.25) is 9.63 Å². The summed E-state index contributed by atoms with van der Waals surface area (Å²) >= 11 is 7.07. The normalized spacial score (nSPS) is 17.9. The number of anilines is 1. The first-order valence-electron chi connectivity index (χ1n) is 12.0. The maximum absolute atomic E-state index is 13.8. The summed E-state index contributed by atoms with van der Waals surface area (Å²) in [6, 6.07) is 6.22. The Balaban J connectivity index is 1.36. The van der Waals surface area contributed by atoms with Crippen LogP contribution in [0.3, 0.4) is 0 Å². The van der Waals surface area contributed by atoms with E-state index >= 15 is 0 Å². The average Bonchev–Trinajstić information content (AvgIpc) is 3.55. The van der Waals surface area contributed by atoms with Gasteiger partial charge in [-0.2, -0.15) is 5.06 Å². The Labute approximate surface area is 230 Å². The van der Waals surface area contributed by atoms with Gasteiger partial charge in [-0.25, -0.2) is 14.2 Å². The van der Waals surface area contributed by atoms with Gasteiger partial charge in [0, 0.05) is 29.1 Å². The van der Waals surface area contributed by atoms with Gasteiger partial charge in [0.2, 0.25) is 0 Å². The molecule has 0 fully saturated rings. The molecule has 5 heterocycles. The van der Waals surface area contributed by atoms with E-state index in [4.69, 9.17) is 20.9 Å². The molecule has 0 radical (unpaired) electrons. The number of carbonyl (C=O) groups excluding carboxylic acids is 1. The lowest BCUT2D eigenvalue weighted by Gasteiger charge is -2.38. The van der Waals surface area contributed by atoms with Crippen LogP contribution in [0.2, 0.25) is 5.02 Å². The molecule has 202 valence electrons. The average molecular weight is 572 g/mol. The minimum absolute atomic E-state index is 0.00961. The Morgan fingerprint density at radius 3 is 2.85 bits per heavy atom. The Hall–Kier alpha value is -3.58. The lowest BCUT2D eigenvalue weighted by molar-refractivity contribution is -0.223. The predicted molar refractivity (Wildman–Crippen MR) is 142 cm³/mol. The number of hydroxylamine groups is 2. The van der Waals surface area contributed by atoms with Crippen LogP contribution < -0.4 is 5.32 Å². The summed E-state index contributed by atoms with van der Waals surface area (Å²) in [6.45, 7) is 5.97. The largest absolute Gasteiger partial charge is 0.477 e. The molecule has 0 bridgehead atoms. The highest BCUT2D eigenvalue weighted by Crippen LogP contribution is 2.46. The number of rotatable bonds is 5. The molecule has 2 aliphatic heterocycles. The smallest absolute Gasteiger partial charge is 0.354 e. The van der Waals surface area contributed by atoms with Gasteiger partial charge in [-0.1, -0.05) is 11.6 Å². The number of aromatic amines is 2. The van der Waals surface area contributed by atoms with Gasteiger partial charge in [-0.05, 0) is 50.7 Å². The van der Waals surface area contributed by atoms with Crippen molar-refractivity contribution in [2.75, 3.05) is 18.4 Å². The molecule has 10 nitrogen and oxygen atoms in total. The number of furan rings is 1. The minimum atomic E-state index is -1.13. The van der Waals surface area contributed by atoms with Crippen LogP contribution >= 0.6 is 23.4 Å². The molecule has 2 aliphatic rings. The molecule has 13 heteroatoms. The van der Waals surface area contributed by atoms with E-state index < -0.39 is 23.3 Å². The Bertz CT molecular complexity index is 1640. The first-order chi connectivity index (χ1) is 18.5. The molecule has 1 aromatic carbocycles. The molecule has 0 spiro atoms. The number of carboxylic acid groups (broad SMARTS) is 1. The number of halogens is 2. The van der Waals surface area contributed by atoms with Crippen molar-refractivity contribution >= 4 is 51.8 Å². The molecule has 6 rings (SSSR count). The summed E-state index contributed by atoms with van der Waals surface area (Å²) in [7, 11) is 0. The fraction of sp³-hybridized carbons (Fsp3) is 0.269. The Kier molecular flexibility index (Phi) is 6.10. The van der Waals surface area contributed by atoms with Crippen molar-refractivity contribution in [2.45, 2.75) is 42.5 Å². The van der Waals surface area contributed by atoms with Crippen LogP contribution in [0.15, 0.2) is 56.4 Å². The van der Waals surface area contributed by atoms with Gasteiger partial charge in [-0.15, -0.1) is 0 Å². The lowest BCUT2D eigenvalue weighted by Crippen LogP contribution is -2.45. The number of hydrogen-bond acceptors (Lipinski definition) is 8. The number of imidazole rings is 1. The van der Waals surface area contributed by atoms with Crippen LogP contribution in [0.25, 0.3) is 11.0 Å². The van der Waals surface area contributed by atoms with E-state index in [1.54, 1.807) is 23.4 Å². The molecule has 0 amide bonds. The summed E-state index contributed by atoms with van der Waals surface area (Å²) < 4.78 is 20.0. The number of ketones is 1. The molecular formula is C26H23ClFN5O5S. The first kappa shape index (κ1) is 25.7. The molecule has 0 aliphatic carbocycles. The second-order valence-corrected chi connectivity index (χ2v) is 11.7. The zero-order chi connectivity index (χ0) is 27.6. The molecular weight excluding hydrogens is 549 g/mol. The topological polar surface area (TPSA) is 136 Å². The highest BCUT2D eigenvalue weighted by Gasteiger charge is 2.42. The molecule has 4 aromatic rings. The van der Waals surface area contributed by atoms with Crippen molar-refractivity contribution < 1.29 is 28.3 Å². The van der Waals surface area contributed by atoms with E-state index in [1.165, 1.54) is 23.9 Å². The van der Waals surface area contributed by atoms with E-state index in [0.29, 0.717) is 49.6 Å². The van der Waals surface area contributed by atoms with Crippen LogP contribution in [0.1, 0.15) is 48.5 Å². The first-order valence-corrected chi connectivity index (χ1v) is 13.2. The molecule has 0 saturated carbocycles. The summed E-state index contributed by atoms with van der Waals surface area (Å²) in [5.41, 5.74) is 2.48. The number of hydrogen-bond donors (Lipinski definition) is 4. The number of carboxylic acids is 1. The fourth-order valence-corrected chi connectivity index (χ4v) is 5.80. The number of fused-ring (bicyclic) bond motifs is 2. The highest BCUT2D eigenvalue weighted by molar-refractivity contribution is 7.99. The van der Waals surface area contributed by atoms with Gasteiger partial charge in [0.1, 0.15) is 17.3 Å². The van der Waals surface area contributed by atoms with Crippen molar-refractivity contribution in [3.05, 3.63) is 69.6 Å². The van der Waals surface area contributed by atoms with Crippen LogP contribution in [0, 0.1) is 5.82 Å². The predicted octanol–water partition coefficient (Wildman–Crippen LogP) is 5.55. The van der Waals surface area contributed by atoms with E-state index in [1.807, 2.05) is 20.8 Å². The van der Waals surface area contributed by atoms with Gasteiger partial charge in [0.15, 0.2) is 16.0 Å². The number of aromatic nitrogens is 3. The minimum Gasteiger partial charge on any atom is -0.477 e. The number of aromatic carboxylic acids is 1. The van der Waals surface area contributed by atoms with Gasteiger partial charge >= 0.3 is 5.97 Å². The third kappa shape index (κ3) is 4.73. The second kappa shape index (κ2) is 9.26. The SMILES string of the molecule is CC(C)(C)ON1CC(=O)C2=C(C1)Nc1c(c[nH]c1C(=O)O)C2c1ccc(Sc2nc3cc(F)c(Cl)cc3[nH]2)o1. The van der Waals surface area contributed by atoms with Crippen LogP contribution in [-0.4, -0.2) is 55.6 Å². The van der Waals surface area contributed by atoms with Gasteiger partial charge < -0.3 is 24.8 Å². The van der Waals surface area contributed by atoms with E-state index in [0.717, 1.165) is 0 Å². The van der Waals surface area contributed by atoms with E-state index in [9.17, 15) is 19.1 Å². The lowest BCUT2D eigenvalue weighted by atomic mass is 9.81. The number of Topliss-reactive ketones (excluding diaryl/α,β-unsaturated/α-hetero) is 1. The third-order valence-electron chi connectivity index (χ3n) is 6.27. The van der Waals surface area contributed by atoms with Crippen molar-refractivity contribution in [3.8, 4) is 0 Å². The summed E-state index contributed by atoms with van der Waals surface area (Å²) in [4.78, 5) is 41.6. The highest BCUT2D eigenvalue weighted by atomic mass is 35.5. The summed E-state index contributed by atoms with van der Waals surface area (Å²) in [5, 5.41) is 15.4. The molecule has 3 aromatic heterocycles. The third-order valence-corrected chi connectivity index (χ3v) is 7.37. The monoisotopic (exact) mass is 571 g/mol. The zero-order valence-corrected chi connectivity index (χ0v) is 22.6. The van der Waals surface area contributed by atoms with Crippen molar-refractivity contribution in [1.82, 2.24) is 20.0 Å². The van der Waals surface area contributed by atoms with Crippen molar-refractivity contribution in [3.63, 3.8) is 0 Å². The Morgan fingerprint density at radius 2 is 2.10 bits per heavy atom. The summed E-state index contributed by atoms with van der Waals surface area (Å²) in [5.74, 6) is -2.03. The zero-order valence-electron chi connectivity index (χ0n) is 21.0. The number of H-pyrrole nitrogens is 2. The van der Waals surface area contributed by atoms with E-state index in [2.05, 4.69) is 20.3 Å². The van der Waals surface area contributed by atoms with Gasteiger partial charge in [0.25, 0.3) is 0 Å². The Morgan fingerprint density at radius 1 is 1.31 bits per heavy atom. The molecule has 1 unspecified atom stereocenters. The van der Waals surface area contributed by atoms with Crippen LogP contribution in [-0.2, 0) is 9.63 Å². The van der Waals surface area contributed by atoms with Crippen molar-refractivity contribution in [1.29, 1.82) is 0 Å². The number of carbonyl (C=O) groups is 2.